The molecule has 0 radical (unpaired) electrons. The van der Waals surface area contributed by atoms with Gasteiger partial charge in [0.1, 0.15) is 0 Å². The number of aryl methyl sites for hydroxylation is 1. The summed E-state index contributed by atoms with van der Waals surface area (Å²) in [4.78, 5) is 10.6. The predicted octanol–water partition coefficient (Wildman–Crippen LogP) is -0.0189. The second-order valence-corrected chi connectivity index (χ2v) is 2.77. The van der Waals surface area contributed by atoms with E-state index in [-0.39, 0.29) is 11.9 Å². The van der Waals surface area contributed by atoms with Crippen LogP contribution in [0.4, 0.5) is 0 Å². The number of β-lactam (4-membered cyclic amide) rings is 1. The third-order valence-electron chi connectivity index (χ3n) is 1.85. The Labute approximate surface area is 64.2 Å². The van der Waals surface area contributed by atoms with Crippen LogP contribution in [0.3, 0.4) is 0 Å². The van der Waals surface area contributed by atoms with Gasteiger partial charge in [-0.1, -0.05) is 0 Å². The average Bonchev–Trinajstić information content (AvgIpc) is 2.29. The molecular weight excluding hydrogens is 142 g/mol. The van der Waals surface area contributed by atoms with E-state index in [0.717, 1.165) is 5.56 Å². The van der Waals surface area contributed by atoms with Crippen LogP contribution in [0.1, 0.15) is 18.0 Å². The van der Waals surface area contributed by atoms with Crippen molar-refractivity contribution in [2.24, 2.45) is 7.05 Å². The number of nitrogens with zero attached hydrogens (tertiary/aromatic N) is 2. The molecule has 1 unspecified atom stereocenters. The maximum atomic E-state index is 10.6. The lowest BCUT2D eigenvalue weighted by Gasteiger charge is -2.25. The highest BCUT2D eigenvalue weighted by Gasteiger charge is 2.27. The standard InChI is InChI=1S/C7H9N3O/c1-10-4-5(3-8-10)6-2-7(11)9-6/h3-4,6H,2H2,1H3,(H,9,11). The molecule has 1 amide bonds. The van der Waals surface area contributed by atoms with Crippen LogP contribution in [0.5, 0.6) is 0 Å². The molecule has 58 valence electrons. The summed E-state index contributed by atoms with van der Waals surface area (Å²) in [6, 6.07) is 0.205. The Kier molecular flexibility index (Phi) is 1.21. The van der Waals surface area contributed by atoms with E-state index in [2.05, 4.69) is 10.4 Å². The maximum Gasteiger partial charge on any atom is 0.222 e. The molecule has 0 bridgehead atoms. The molecule has 1 saturated heterocycles. The summed E-state index contributed by atoms with van der Waals surface area (Å²) >= 11 is 0. The van der Waals surface area contributed by atoms with Gasteiger partial charge in [0.2, 0.25) is 5.91 Å². The fraction of sp³-hybridized carbons (Fsp3) is 0.429. The molecule has 1 aromatic heterocycles. The van der Waals surface area contributed by atoms with Crippen molar-refractivity contribution in [3.05, 3.63) is 18.0 Å². The molecule has 0 aromatic carbocycles. The molecule has 1 aromatic rings. The Hall–Kier alpha value is -1.32. The largest absolute Gasteiger partial charge is 0.349 e. The highest BCUT2D eigenvalue weighted by Crippen LogP contribution is 2.22. The van der Waals surface area contributed by atoms with E-state index in [4.69, 9.17) is 0 Å². The van der Waals surface area contributed by atoms with Crippen molar-refractivity contribution in [1.82, 2.24) is 15.1 Å². The zero-order valence-electron chi connectivity index (χ0n) is 6.24. The fourth-order valence-electron chi connectivity index (χ4n) is 1.18. The lowest BCUT2D eigenvalue weighted by molar-refractivity contribution is -0.128. The normalized spacial score (nSPS) is 22.6. The number of hydrogen-bond acceptors (Lipinski definition) is 2. The second-order valence-electron chi connectivity index (χ2n) is 2.77. The minimum Gasteiger partial charge on any atom is -0.349 e. The van der Waals surface area contributed by atoms with Crippen LogP contribution >= 0.6 is 0 Å². The van der Waals surface area contributed by atoms with Crippen LogP contribution in [0, 0.1) is 0 Å². The monoisotopic (exact) mass is 151 g/mol. The number of nitrogens with one attached hydrogen (secondary N) is 1. The average molecular weight is 151 g/mol. The number of aromatic nitrogens is 2. The highest BCUT2D eigenvalue weighted by atomic mass is 16.2. The van der Waals surface area contributed by atoms with Gasteiger partial charge in [-0.15, -0.1) is 0 Å². The first-order valence-electron chi connectivity index (χ1n) is 3.53. The van der Waals surface area contributed by atoms with Crippen molar-refractivity contribution in [3.8, 4) is 0 Å². The van der Waals surface area contributed by atoms with Crippen molar-refractivity contribution in [1.29, 1.82) is 0 Å². The minimum absolute atomic E-state index is 0.124. The molecule has 1 atom stereocenters. The molecule has 1 aliphatic rings. The van der Waals surface area contributed by atoms with E-state index in [1.165, 1.54) is 0 Å². The molecule has 4 nitrogen and oxygen atoms in total. The minimum atomic E-state index is 0.124. The molecule has 2 rings (SSSR count). The first-order chi connectivity index (χ1) is 5.25. The SMILES string of the molecule is Cn1cc(C2CC(=O)N2)cn1. The molecule has 1 fully saturated rings. The van der Waals surface area contributed by atoms with Crippen molar-refractivity contribution in [2.45, 2.75) is 12.5 Å². The quantitative estimate of drug-likeness (QED) is 0.573. The molecule has 0 spiro atoms. The summed E-state index contributed by atoms with van der Waals surface area (Å²) in [7, 11) is 1.87. The zero-order valence-corrected chi connectivity index (χ0v) is 6.24. The number of amides is 1. The van der Waals surface area contributed by atoms with Crippen LogP contribution in [-0.2, 0) is 11.8 Å². The van der Waals surface area contributed by atoms with Crippen LogP contribution in [0.2, 0.25) is 0 Å². The predicted molar refractivity (Wildman–Crippen MR) is 38.7 cm³/mol. The first kappa shape index (κ1) is 6.39. The Morgan fingerprint density at radius 3 is 3.00 bits per heavy atom. The zero-order chi connectivity index (χ0) is 7.84. The topological polar surface area (TPSA) is 46.9 Å². The van der Waals surface area contributed by atoms with Crippen molar-refractivity contribution < 1.29 is 4.79 Å². The van der Waals surface area contributed by atoms with Gasteiger partial charge in [0.05, 0.1) is 18.7 Å². The van der Waals surface area contributed by atoms with Crippen LogP contribution < -0.4 is 5.32 Å². The van der Waals surface area contributed by atoms with Crippen LogP contribution in [0.15, 0.2) is 12.4 Å². The number of carbonyl (C=O) groups is 1. The highest BCUT2D eigenvalue weighted by molar-refractivity contribution is 5.83. The third-order valence-corrected chi connectivity index (χ3v) is 1.85. The Balaban J connectivity index is 2.12. The molecule has 1 N–H and O–H groups in total. The first-order valence-corrected chi connectivity index (χ1v) is 3.53. The summed E-state index contributed by atoms with van der Waals surface area (Å²) in [5.41, 5.74) is 1.09. The Morgan fingerprint density at radius 2 is 2.55 bits per heavy atom. The van der Waals surface area contributed by atoms with Gasteiger partial charge in [0.15, 0.2) is 0 Å². The maximum absolute atomic E-state index is 10.6. The van der Waals surface area contributed by atoms with E-state index < -0.39 is 0 Å². The summed E-state index contributed by atoms with van der Waals surface area (Å²) in [5.74, 6) is 0.124. The van der Waals surface area contributed by atoms with Crippen molar-refractivity contribution in [3.63, 3.8) is 0 Å². The Bertz CT molecular complexity index is 284. The lowest BCUT2D eigenvalue weighted by Crippen LogP contribution is -2.41. The molecule has 0 saturated carbocycles. The molecular formula is C7H9N3O. The van der Waals surface area contributed by atoms with Gasteiger partial charge in [-0.3, -0.25) is 9.48 Å². The molecule has 2 heterocycles. The summed E-state index contributed by atoms with van der Waals surface area (Å²) in [6.45, 7) is 0. The van der Waals surface area contributed by atoms with Gasteiger partial charge < -0.3 is 5.32 Å². The van der Waals surface area contributed by atoms with Gasteiger partial charge in [-0.05, 0) is 0 Å². The number of carbonyl (C=O) groups excluding carboxylic acids is 1. The van der Waals surface area contributed by atoms with Gasteiger partial charge >= 0.3 is 0 Å². The number of hydrogen-bond donors (Lipinski definition) is 1. The van der Waals surface area contributed by atoms with E-state index in [1.807, 2.05) is 13.2 Å². The van der Waals surface area contributed by atoms with E-state index in [0.29, 0.717) is 6.42 Å². The molecule has 1 aliphatic heterocycles. The summed E-state index contributed by atoms with van der Waals surface area (Å²) in [5, 5.41) is 6.79. The van der Waals surface area contributed by atoms with E-state index in [1.54, 1.807) is 10.9 Å². The smallest absolute Gasteiger partial charge is 0.222 e. The lowest BCUT2D eigenvalue weighted by atomic mass is 10.0. The molecule has 0 aliphatic carbocycles. The van der Waals surface area contributed by atoms with E-state index in [9.17, 15) is 4.79 Å². The third kappa shape index (κ3) is 1.00. The molecule has 4 heteroatoms. The van der Waals surface area contributed by atoms with Crippen LogP contribution in [0.25, 0.3) is 0 Å². The summed E-state index contributed by atoms with van der Waals surface area (Å²) in [6.07, 6.45) is 4.31. The second kappa shape index (κ2) is 2.08. The van der Waals surface area contributed by atoms with Crippen molar-refractivity contribution in [2.75, 3.05) is 0 Å². The van der Waals surface area contributed by atoms with Crippen LogP contribution in [-0.4, -0.2) is 15.7 Å². The van der Waals surface area contributed by atoms with Crippen molar-refractivity contribution >= 4 is 5.91 Å². The Morgan fingerprint density at radius 1 is 1.82 bits per heavy atom. The van der Waals surface area contributed by atoms with Gasteiger partial charge in [-0.25, -0.2) is 0 Å². The fourth-order valence-corrected chi connectivity index (χ4v) is 1.18. The summed E-state index contributed by atoms with van der Waals surface area (Å²) < 4.78 is 1.74. The van der Waals surface area contributed by atoms with Gasteiger partial charge in [-0.2, -0.15) is 5.10 Å². The number of rotatable bonds is 1. The van der Waals surface area contributed by atoms with E-state index >= 15 is 0 Å². The molecule has 11 heavy (non-hydrogen) atoms. The van der Waals surface area contributed by atoms with Gasteiger partial charge in [0.25, 0.3) is 0 Å². The van der Waals surface area contributed by atoms with Gasteiger partial charge in [0, 0.05) is 18.8 Å².